The molecule has 0 aliphatic carbocycles. The number of aromatic amines is 5. The van der Waals surface area contributed by atoms with Crippen LogP contribution in [0.3, 0.4) is 0 Å². The molecule has 1 aliphatic rings. The molecule has 5 aromatic heterocycles. The molecule has 5 aromatic carbocycles. The summed E-state index contributed by atoms with van der Waals surface area (Å²) in [5, 5.41) is 4.29. The number of nitrogens with one attached hydrogen (secondary N) is 5. The van der Waals surface area contributed by atoms with Crippen LogP contribution in [0, 0.1) is 32.7 Å². The number of H-pyrrole nitrogens is 5. The molecule has 0 spiro atoms. The van der Waals surface area contributed by atoms with Crippen molar-refractivity contribution in [3.63, 3.8) is 0 Å². The Morgan fingerprint density at radius 2 is 1.04 bits per heavy atom. The summed E-state index contributed by atoms with van der Waals surface area (Å²) in [4.78, 5) is 33.0. The number of fused-ring (bicyclic) bond motifs is 5. The predicted molar refractivity (Wildman–Crippen MR) is 274 cm³/mol. The molecule has 10 aromatic rings. The van der Waals surface area contributed by atoms with Gasteiger partial charge in [-0.3, -0.25) is 0 Å². The molecule has 6 heterocycles. The van der Waals surface area contributed by atoms with Crippen LogP contribution in [0.1, 0.15) is 38.1 Å². The molecule has 1 fully saturated rings. The molecule has 68 heavy (non-hydrogen) atoms. The summed E-state index contributed by atoms with van der Waals surface area (Å²) in [5.74, 6) is -1.51. The van der Waals surface area contributed by atoms with E-state index in [2.05, 4.69) is 44.5 Å². The normalized spacial score (nSPS) is 13.9. The molecule has 352 valence electrons. The molecule has 0 amide bonds. The maximum absolute atomic E-state index is 14.2. The SMILES string of the molecule is CC1(C)OB(c2c(F)ccc3[nH]ccc23)OC1(C)C.COC(=O)c1c[nH]c2ccc(F)cc12.Fc1ccc2[nH]ccc2c1.Fc1ccc2[nH]ccc2c1I.[CH3][Sn]([CH3])([CH3])[c]1c(F)ccc2[nH]ccc12. The zero-order valence-electron chi connectivity index (χ0n) is 38.6. The van der Waals surface area contributed by atoms with E-state index >= 15 is 0 Å². The van der Waals surface area contributed by atoms with E-state index < -0.39 is 42.7 Å². The van der Waals surface area contributed by atoms with Crippen LogP contribution in [0.5, 0.6) is 0 Å². The van der Waals surface area contributed by atoms with Crippen LogP contribution in [-0.4, -0.2) is 74.7 Å². The second kappa shape index (κ2) is 20.6. The van der Waals surface area contributed by atoms with Crippen LogP contribution in [0.4, 0.5) is 22.0 Å². The van der Waals surface area contributed by atoms with Gasteiger partial charge in [-0.1, -0.05) is 0 Å². The van der Waals surface area contributed by atoms with E-state index in [0.717, 1.165) is 47.2 Å². The molecule has 0 unspecified atom stereocenters. The number of hydrogen-bond acceptors (Lipinski definition) is 4. The maximum atomic E-state index is 14.2. The molecule has 0 saturated carbocycles. The Balaban J connectivity index is 0.000000128. The van der Waals surface area contributed by atoms with Gasteiger partial charge in [-0.25, -0.2) is 22.4 Å². The number of carbonyl (C=O) groups excluding carboxylic acids is 1. The number of halogens is 6. The summed E-state index contributed by atoms with van der Waals surface area (Å²) in [7, 11) is 0.616. The average molecular weight is 1150 g/mol. The third-order valence-electron chi connectivity index (χ3n) is 11.8. The van der Waals surface area contributed by atoms with E-state index in [0.29, 0.717) is 25.5 Å². The fraction of sp³-hybridized carbons (Fsp3) is 0.196. The summed E-state index contributed by atoms with van der Waals surface area (Å²) in [6.45, 7) is 7.84. The second-order valence-corrected chi connectivity index (χ2v) is 33.3. The number of aromatic nitrogens is 5. The van der Waals surface area contributed by atoms with Gasteiger partial charge in [-0.15, -0.1) is 0 Å². The topological polar surface area (TPSA) is 124 Å². The number of methoxy groups -OCH3 is 1. The number of ether oxygens (including phenoxy) is 1. The van der Waals surface area contributed by atoms with Crippen molar-refractivity contribution in [2.45, 2.75) is 53.7 Å². The van der Waals surface area contributed by atoms with Crippen molar-refractivity contribution in [1.29, 1.82) is 0 Å². The number of hydrogen-bond donors (Lipinski definition) is 5. The molecule has 0 radical (unpaired) electrons. The molecule has 0 bridgehead atoms. The average Bonchev–Trinajstić information content (AvgIpc) is 4.15. The first-order chi connectivity index (χ1) is 32.2. The monoisotopic (exact) mass is 1150 g/mol. The summed E-state index contributed by atoms with van der Waals surface area (Å²) >= 11 is -0.334. The van der Waals surface area contributed by atoms with Crippen LogP contribution < -0.4 is 9.04 Å². The number of esters is 1. The third-order valence-corrected chi connectivity index (χ3v) is 18.7. The standard InChI is InChI=1S/C14H17BFNO2.C10H8FNO2.C8H5FIN.C8H6FN.C8H5FN.3CH3.Sn/c1-13(2)14(3,4)19-15(18-13)12-9-7-8-17-11(9)6-5-10(12)16;1-14-10(13)8-5-12-9-3-2-6(11)4-7(8)9;9-6-1-2-7-5(8(6)10)3-4-11-7;2*9-7-1-2-8-6(5-7)3-4-10-8;;;;/h5-8,17H,1-4H3;2-5,12H,1H3;1-4,11H;1-5,10H;1-4,10H;3*1H3;. The molecule has 1 aliphatic heterocycles. The van der Waals surface area contributed by atoms with Gasteiger partial charge in [0, 0.05) is 73.9 Å². The first-order valence-electron chi connectivity index (χ1n) is 21.5. The number of rotatable bonds is 3. The summed E-state index contributed by atoms with van der Waals surface area (Å²) in [6.07, 6.45) is 8.79. The van der Waals surface area contributed by atoms with Crippen molar-refractivity contribution in [2.75, 3.05) is 7.11 Å². The quantitative estimate of drug-likeness (QED) is 0.0523. The van der Waals surface area contributed by atoms with Crippen LogP contribution >= 0.6 is 22.6 Å². The van der Waals surface area contributed by atoms with Crippen LogP contribution in [-0.2, 0) is 14.0 Å². The van der Waals surface area contributed by atoms with E-state index in [4.69, 9.17) is 9.31 Å². The Morgan fingerprint density at radius 1 is 0.574 bits per heavy atom. The van der Waals surface area contributed by atoms with Gasteiger partial charge in [0.05, 0.1) is 27.4 Å². The van der Waals surface area contributed by atoms with Gasteiger partial charge in [0.1, 0.15) is 23.3 Å². The molecule has 5 N–H and O–H groups in total. The number of benzene rings is 5. The van der Waals surface area contributed by atoms with Crippen molar-refractivity contribution < 1.29 is 40.8 Å². The van der Waals surface area contributed by atoms with Crippen molar-refractivity contribution in [3.8, 4) is 0 Å². The van der Waals surface area contributed by atoms with Crippen LogP contribution in [0.15, 0.2) is 128 Å². The van der Waals surface area contributed by atoms with Crippen LogP contribution in [0.2, 0.25) is 14.8 Å². The third kappa shape index (κ3) is 11.0. The molecule has 11 rings (SSSR count). The van der Waals surface area contributed by atoms with Crippen molar-refractivity contribution >= 4 is 118 Å². The van der Waals surface area contributed by atoms with E-state index in [1.54, 1.807) is 42.7 Å². The van der Waals surface area contributed by atoms with Crippen LogP contribution in [0.25, 0.3) is 54.5 Å². The molecule has 0 atom stereocenters. The Kier molecular flexibility index (Phi) is 15.2. The fourth-order valence-corrected chi connectivity index (χ4v) is 13.5. The van der Waals surface area contributed by atoms with Crippen molar-refractivity contribution in [3.05, 3.63) is 166 Å². The van der Waals surface area contributed by atoms with Gasteiger partial charge in [0.25, 0.3) is 0 Å². The van der Waals surface area contributed by atoms with Gasteiger partial charge < -0.3 is 34.0 Å². The van der Waals surface area contributed by atoms with E-state index in [9.17, 15) is 26.7 Å². The van der Waals surface area contributed by atoms with E-state index in [-0.39, 0.29) is 29.1 Å². The molecular weight excluding hydrogens is 1100 g/mol. The second-order valence-electron chi connectivity index (χ2n) is 18.0. The van der Waals surface area contributed by atoms with E-state index in [1.807, 2.05) is 93.0 Å². The minimum absolute atomic E-state index is 0.0274. The molecular formula is C51H50BF5IN5O4Sn. The first-order valence-corrected chi connectivity index (χ1v) is 32.6. The Bertz CT molecular complexity index is 3360. The Hall–Kier alpha value is -5.57. The first kappa shape index (κ1) is 50.3. The van der Waals surface area contributed by atoms with Gasteiger partial charge in [0.2, 0.25) is 0 Å². The van der Waals surface area contributed by atoms with Gasteiger partial charge in [-0.2, -0.15) is 0 Å². The summed E-state index contributed by atoms with van der Waals surface area (Å²) < 4.78 is 84.3. The van der Waals surface area contributed by atoms with Crippen molar-refractivity contribution in [1.82, 2.24) is 24.9 Å². The van der Waals surface area contributed by atoms with Gasteiger partial charge >= 0.3 is 100 Å². The molecule has 17 heteroatoms. The van der Waals surface area contributed by atoms with Gasteiger partial charge in [-0.05, 0) is 129 Å². The molecule has 1 saturated heterocycles. The zero-order chi connectivity index (χ0) is 49.1. The van der Waals surface area contributed by atoms with Gasteiger partial charge in [0.15, 0.2) is 0 Å². The van der Waals surface area contributed by atoms with E-state index in [1.165, 1.54) is 49.7 Å². The predicted octanol–water partition coefficient (Wildman–Crippen LogP) is 12.8. The molecule has 9 nitrogen and oxygen atoms in total. The minimum atomic E-state index is -2.34. The summed E-state index contributed by atoms with van der Waals surface area (Å²) in [6, 6.07) is 26.2. The van der Waals surface area contributed by atoms with Crippen molar-refractivity contribution in [2.24, 2.45) is 0 Å². The zero-order valence-corrected chi connectivity index (χ0v) is 43.6. The fourth-order valence-electron chi connectivity index (χ4n) is 7.67. The Labute approximate surface area is 407 Å². The number of carbonyl (C=O) groups is 1. The summed E-state index contributed by atoms with van der Waals surface area (Å²) in [5.41, 5.74) is 4.48. The Morgan fingerprint density at radius 3 is 1.66 bits per heavy atom.